The molecule has 0 aliphatic heterocycles. The molecule has 0 fully saturated rings. The third kappa shape index (κ3) is 5.36. The maximum Gasteiger partial charge on any atom is 0.150 e. The van der Waals surface area contributed by atoms with Gasteiger partial charge in [0.15, 0.2) is 0 Å². The van der Waals surface area contributed by atoms with Crippen LogP contribution in [0.2, 0.25) is 0 Å². The van der Waals surface area contributed by atoms with Crippen LogP contribution < -0.4 is 14.2 Å². The van der Waals surface area contributed by atoms with Crippen LogP contribution in [0.25, 0.3) is 0 Å². The minimum absolute atomic E-state index is 0.600. The Morgan fingerprint density at radius 3 is 0.742 bits per heavy atom. The van der Waals surface area contributed by atoms with E-state index >= 15 is 0 Å². The monoisotopic (exact) mass is 410 g/mol. The summed E-state index contributed by atoms with van der Waals surface area (Å²) in [7, 11) is 0. The van der Waals surface area contributed by atoms with E-state index in [1.807, 2.05) is 48.5 Å². The Hall–Kier alpha value is -4.38. The fourth-order valence-corrected chi connectivity index (χ4v) is 2.79. The highest BCUT2D eigenvalue weighted by atomic mass is 16.5. The lowest BCUT2D eigenvalue weighted by molar-refractivity contribution is 0.111. The number of hydrogen-bond acceptors (Lipinski definition) is 5. The van der Waals surface area contributed by atoms with Gasteiger partial charge in [0.05, 0.1) is 0 Å². The van der Waals surface area contributed by atoms with Crippen LogP contribution in [0.1, 0.15) is 20.7 Å². The molecule has 4 rings (SSSR count). The summed E-state index contributed by atoms with van der Waals surface area (Å²) in [6, 6.07) is 28.3. The fourth-order valence-electron chi connectivity index (χ4n) is 2.79. The Labute approximate surface area is 179 Å². The van der Waals surface area contributed by atoms with Gasteiger partial charge in [-0.3, -0.25) is 9.59 Å². The first-order chi connectivity index (χ1) is 15.2. The molecule has 0 aliphatic carbocycles. The first kappa shape index (κ1) is 19.9. The summed E-state index contributed by atoms with van der Waals surface area (Å²) in [6.45, 7) is 0. The van der Waals surface area contributed by atoms with Crippen molar-refractivity contribution in [1.29, 1.82) is 0 Å². The Balaban J connectivity index is 1.35. The van der Waals surface area contributed by atoms with Gasteiger partial charge in [0.1, 0.15) is 47.1 Å². The summed E-state index contributed by atoms with van der Waals surface area (Å²) in [4.78, 5) is 21.4. The summed E-state index contributed by atoms with van der Waals surface area (Å²) >= 11 is 0. The van der Waals surface area contributed by atoms with E-state index in [0.29, 0.717) is 45.6 Å². The number of aldehydes is 2. The van der Waals surface area contributed by atoms with Gasteiger partial charge in [0, 0.05) is 11.1 Å². The standard InChI is InChI=1S/C26H18O5/c27-17-19-1-5-21(6-2-19)29-23-9-13-25(14-10-23)31-26-15-11-24(12-16-26)30-22-7-3-20(18-28)4-8-22/h1-18H. The molecule has 4 aromatic carbocycles. The number of carbonyl (C=O) groups excluding carboxylic acids is 2. The Kier molecular flexibility index (Phi) is 6.05. The van der Waals surface area contributed by atoms with Crippen molar-refractivity contribution in [2.45, 2.75) is 0 Å². The largest absolute Gasteiger partial charge is 0.457 e. The van der Waals surface area contributed by atoms with Crippen LogP contribution in [-0.4, -0.2) is 12.6 Å². The maximum absolute atomic E-state index is 10.7. The zero-order chi connectivity index (χ0) is 21.5. The zero-order valence-electron chi connectivity index (χ0n) is 16.4. The topological polar surface area (TPSA) is 61.8 Å². The number of carbonyl (C=O) groups is 2. The summed E-state index contributed by atoms with van der Waals surface area (Å²) in [5, 5.41) is 0. The predicted octanol–water partition coefficient (Wildman–Crippen LogP) is 6.69. The van der Waals surface area contributed by atoms with Crippen LogP contribution in [0.3, 0.4) is 0 Å². The second-order valence-corrected chi connectivity index (χ2v) is 6.62. The fraction of sp³-hybridized carbons (Fsp3) is 0. The van der Waals surface area contributed by atoms with Gasteiger partial charge in [-0.15, -0.1) is 0 Å². The van der Waals surface area contributed by atoms with E-state index in [4.69, 9.17) is 14.2 Å². The molecule has 0 aliphatic rings. The summed E-state index contributed by atoms with van der Waals surface area (Å²) in [5.74, 6) is 3.96. The van der Waals surface area contributed by atoms with Gasteiger partial charge in [-0.25, -0.2) is 0 Å². The smallest absolute Gasteiger partial charge is 0.150 e. The molecule has 0 saturated carbocycles. The summed E-state index contributed by atoms with van der Waals surface area (Å²) in [6.07, 6.45) is 1.58. The molecule has 0 atom stereocenters. The van der Waals surface area contributed by atoms with Crippen molar-refractivity contribution >= 4 is 12.6 Å². The Morgan fingerprint density at radius 2 is 0.548 bits per heavy atom. The van der Waals surface area contributed by atoms with Gasteiger partial charge < -0.3 is 14.2 Å². The van der Waals surface area contributed by atoms with Crippen LogP contribution in [0.5, 0.6) is 34.5 Å². The lowest BCUT2D eigenvalue weighted by Crippen LogP contribution is -1.88. The van der Waals surface area contributed by atoms with Gasteiger partial charge in [-0.2, -0.15) is 0 Å². The maximum atomic E-state index is 10.7. The second-order valence-electron chi connectivity index (χ2n) is 6.62. The molecule has 0 aromatic heterocycles. The molecule has 4 aromatic rings. The molecule has 0 N–H and O–H groups in total. The number of rotatable bonds is 8. The molecular weight excluding hydrogens is 392 g/mol. The molecule has 5 heteroatoms. The van der Waals surface area contributed by atoms with Crippen molar-refractivity contribution in [1.82, 2.24) is 0 Å². The van der Waals surface area contributed by atoms with Crippen molar-refractivity contribution in [3.8, 4) is 34.5 Å². The average molecular weight is 410 g/mol. The SMILES string of the molecule is O=Cc1ccc(Oc2ccc(Oc3ccc(Oc4ccc(C=O)cc4)cc3)cc2)cc1. The Morgan fingerprint density at radius 1 is 0.355 bits per heavy atom. The van der Waals surface area contributed by atoms with E-state index in [9.17, 15) is 9.59 Å². The van der Waals surface area contributed by atoms with E-state index in [2.05, 4.69) is 0 Å². The third-order valence-electron chi connectivity index (χ3n) is 4.39. The van der Waals surface area contributed by atoms with Gasteiger partial charge in [0.2, 0.25) is 0 Å². The van der Waals surface area contributed by atoms with Crippen LogP contribution in [0.15, 0.2) is 97.1 Å². The molecule has 0 saturated heterocycles. The third-order valence-corrected chi connectivity index (χ3v) is 4.39. The molecule has 0 bridgehead atoms. The summed E-state index contributed by atoms with van der Waals surface area (Å²) in [5.41, 5.74) is 1.20. The number of benzene rings is 4. The molecule has 0 amide bonds. The van der Waals surface area contributed by atoms with Gasteiger partial charge in [-0.1, -0.05) is 0 Å². The van der Waals surface area contributed by atoms with E-state index < -0.39 is 0 Å². The van der Waals surface area contributed by atoms with Crippen LogP contribution >= 0.6 is 0 Å². The number of ether oxygens (including phenoxy) is 3. The molecule has 0 unspecified atom stereocenters. The first-order valence-electron chi connectivity index (χ1n) is 9.56. The summed E-state index contributed by atoms with van der Waals surface area (Å²) < 4.78 is 17.4. The van der Waals surface area contributed by atoms with Crippen molar-refractivity contribution in [2.24, 2.45) is 0 Å². The van der Waals surface area contributed by atoms with Gasteiger partial charge in [0.25, 0.3) is 0 Å². The number of hydrogen-bond donors (Lipinski definition) is 0. The second kappa shape index (κ2) is 9.41. The van der Waals surface area contributed by atoms with Gasteiger partial charge >= 0.3 is 0 Å². The van der Waals surface area contributed by atoms with E-state index in [1.165, 1.54) is 0 Å². The molecular formula is C26H18O5. The highest BCUT2D eigenvalue weighted by molar-refractivity contribution is 5.75. The van der Waals surface area contributed by atoms with Crippen LogP contribution in [0, 0.1) is 0 Å². The molecule has 152 valence electrons. The highest BCUT2D eigenvalue weighted by Crippen LogP contribution is 2.29. The van der Waals surface area contributed by atoms with Crippen LogP contribution in [0.4, 0.5) is 0 Å². The van der Waals surface area contributed by atoms with Crippen molar-refractivity contribution in [3.63, 3.8) is 0 Å². The Bertz CT molecular complexity index is 1050. The zero-order valence-corrected chi connectivity index (χ0v) is 16.4. The lowest BCUT2D eigenvalue weighted by atomic mass is 10.2. The molecule has 0 radical (unpaired) electrons. The van der Waals surface area contributed by atoms with Gasteiger partial charge in [-0.05, 0) is 97.1 Å². The lowest BCUT2D eigenvalue weighted by Gasteiger charge is -2.10. The molecule has 0 heterocycles. The minimum Gasteiger partial charge on any atom is -0.457 e. The predicted molar refractivity (Wildman–Crippen MR) is 117 cm³/mol. The van der Waals surface area contributed by atoms with Crippen molar-refractivity contribution < 1.29 is 23.8 Å². The van der Waals surface area contributed by atoms with E-state index in [0.717, 1.165) is 12.6 Å². The van der Waals surface area contributed by atoms with Crippen molar-refractivity contribution in [2.75, 3.05) is 0 Å². The van der Waals surface area contributed by atoms with Crippen molar-refractivity contribution in [3.05, 3.63) is 108 Å². The quantitative estimate of drug-likeness (QED) is 0.303. The van der Waals surface area contributed by atoms with E-state index in [-0.39, 0.29) is 0 Å². The van der Waals surface area contributed by atoms with E-state index in [1.54, 1.807) is 48.5 Å². The minimum atomic E-state index is 0.600. The average Bonchev–Trinajstić information content (AvgIpc) is 2.82. The normalized spacial score (nSPS) is 10.2. The molecule has 31 heavy (non-hydrogen) atoms. The highest BCUT2D eigenvalue weighted by Gasteiger charge is 2.03. The van der Waals surface area contributed by atoms with Crippen LogP contribution in [-0.2, 0) is 0 Å². The molecule has 0 spiro atoms. The molecule has 5 nitrogen and oxygen atoms in total. The first-order valence-corrected chi connectivity index (χ1v) is 9.56.